The Hall–Kier alpha value is -2.58. The van der Waals surface area contributed by atoms with E-state index in [0.717, 1.165) is 68.9 Å². The van der Waals surface area contributed by atoms with Gasteiger partial charge in [0.15, 0.2) is 0 Å². The Balaban J connectivity index is 1.11. The van der Waals surface area contributed by atoms with Crippen LogP contribution in [-0.4, -0.2) is 91.2 Å². The Bertz CT molecular complexity index is 837. The molecule has 2 amide bonds. The SMILES string of the molecule is O=C(NCCCN1CCN(c2ncccn2)CC1)N1CCN(c2ccccc2Cl)CC1. The zero-order valence-corrected chi connectivity index (χ0v) is 18.5. The monoisotopic (exact) mass is 443 g/mol. The highest BCUT2D eigenvalue weighted by atomic mass is 35.5. The van der Waals surface area contributed by atoms with Gasteiger partial charge in [-0.25, -0.2) is 14.8 Å². The predicted molar refractivity (Wildman–Crippen MR) is 124 cm³/mol. The minimum Gasteiger partial charge on any atom is -0.367 e. The topological polar surface area (TPSA) is 67.8 Å². The smallest absolute Gasteiger partial charge is 0.317 e. The second-order valence-electron chi connectivity index (χ2n) is 7.89. The quantitative estimate of drug-likeness (QED) is 0.690. The number of halogens is 1. The molecule has 9 heteroatoms. The lowest BCUT2D eigenvalue weighted by atomic mass is 10.2. The van der Waals surface area contributed by atoms with Crippen LogP contribution in [0.25, 0.3) is 0 Å². The van der Waals surface area contributed by atoms with Gasteiger partial charge in [-0.05, 0) is 31.2 Å². The third-order valence-corrected chi connectivity index (χ3v) is 6.21. The molecule has 1 aromatic carbocycles. The number of urea groups is 1. The molecule has 0 aliphatic carbocycles. The number of benzene rings is 1. The van der Waals surface area contributed by atoms with Crippen LogP contribution in [0.15, 0.2) is 42.7 Å². The predicted octanol–water partition coefficient (Wildman–Crippen LogP) is 2.17. The lowest BCUT2D eigenvalue weighted by Gasteiger charge is -2.36. The molecule has 0 atom stereocenters. The summed E-state index contributed by atoms with van der Waals surface area (Å²) in [6.07, 6.45) is 4.52. The first-order valence-electron chi connectivity index (χ1n) is 11.0. The summed E-state index contributed by atoms with van der Waals surface area (Å²) in [5.74, 6) is 0.809. The van der Waals surface area contributed by atoms with Crippen LogP contribution in [0.2, 0.25) is 5.02 Å². The average molecular weight is 444 g/mol. The van der Waals surface area contributed by atoms with Gasteiger partial charge in [-0.2, -0.15) is 0 Å². The van der Waals surface area contributed by atoms with Crippen molar-refractivity contribution in [2.24, 2.45) is 0 Å². The van der Waals surface area contributed by atoms with Crippen molar-refractivity contribution in [2.45, 2.75) is 6.42 Å². The average Bonchev–Trinajstić information content (AvgIpc) is 2.83. The zero-order valence-electron chi connectivity index (χ0n) is 17.8. The van der Waals surface area contributed by atoms with Crippen molar-refractivity contribution >= 4 is 29.3 Å². The van der Waals surface area contributed by atoms with E-state index in [1.807, 2.05) is 35.2 Å². The number of aromatic nitrogens is 2. The molecular formula is C22H30ClN7O. The van der Waals surface area contributed by atoms with E-state index < -0.39 is 0 Å². The first-order chi connectivity index (χ1) is 15.2. The van der Waals surface area contributed by atoms with Crippen molar-refractivity contribution in [3.05, 3.63) is 47.7 Å². The summed E-state index contributed by atoms with van der Waals surface area (Å²) >= 11 is 6.30. The standard InChI is InChI=1S/C22H30ClN7O/c23-19-5-1-2-6-20(19)28-15-17-30(18-16-28)22(31)26-9-4-10-27-11-13-29(14-12-27)21-24-7-3-8-25-21/h1-3,5-8H,4,9-18H2,(H,26,31). The molecular weight excluding hydrogens is 414 g/mol. The summed E-state index contributed by atoms with van der Waals surface area (Å²) in [5.41, 5.74) is 1.04. The van der Waals surface area contributed by atoms with Crippen LogP contribution >= 0.6 is 11.6 Å². The number of nitrogens with one attached hydrogen (secondary N) is 1. The lowest BCUT2D eigenvalue weighted by molar-refractivity contribution is 0.193. The molecule has 166 valence electrons. The van der Waals surface area contributed by atoms with Crippen molar-refractivity contribution in [3.63, 3.8) is 0 Å². The second-order valence-corrected chi connectivity index (χ2v) is 8.30. The maximum atomic E-state index is 12.5. The van der Waals surface area contributed by atoms with Gasteiger partial charge in [0.1, 0.15) is 0 Å². The molecule has 0 spiro atoms. The number of nitrogens with zero attached hydrogens (tertiary/aromatic N) is 6. The number of carbonyl (C=O) groups is 1. The molecule has 0 unspecified atom stereocenters. The summed E-state index contributed by atoms with van der Waals surface area (Å²) in [4.78, 5) is 29.9. The molecule has 4 rings (SSSR count). The van der Waals surface area contributed by atoms with E-state index >= 15 is 0 Å². The zero-order chi connectivity index (χ0) is 21.5. The van der Waals surface area contributed by atoms with Crippen molar-refractivity contribution in [3.8, 4) is 0 Å². The summed E-state index contributed by atoms with van der Waals surface area (Å²) in [5, 5.41) is 3.84. The van der Waals surface area contributed by atoms with Gasteiger partial charge < -0.3 is 20.0 Å². The van der Waals surface area contributed by atoms with E-state index in [4.69, 9.17) is 11.6 Å². The van der Waals surface area contributed by atoms with Gasteiger partial charge in [0, 0.05) is 71.3 Å². The Kier molecular flexibility index (Phi) is 7.43. The Morgan fingerprint density at radius 1 is 0.903 bits per heavy atom. The Labute approximate surface area is 188 Å². The first-order valence-corrected chi connectivity index (χ1v) is 11.3. The molecule has 8 nitrogen and oxygen atoms in total. The van der Waals surface area contributed by atoms with E-state index in [-0.39, 0.29) is 6.03 Å². The highest BCUT2D eigenvalue weighted by Crippen LogP contribution is 2.26. The summed E-state index contributed by atoms with van der Waals surface area (Å²) in [6.45, 7) is 8.57. The fourth-order valence-corrected chi connectivity index (χ4v) is 4.35. The van der Waals surface area contributed by atoms with Crippen molar-refractivity contribution < 1.29 is 4.79 Å². The fraction of sp³-hybridized carbons (Fsp3) is 0.500. The van der Waals surface area contributed by atoms with E-state index in [1.54, 1.807) is 12.4 Å². The van der Waals surface area contributed by atoms with Gasteiger partial charge in [0.2, 0.25) is 5.95 Å². The molecule has 0 bridgehead atoms. The molecule has 0 saturated carbocycles. The van der Waals surface area contributed by atoms with Gasteiger partial charge in [-0.1, -0.05) is 23.7 Å². The number of rotatable bonds is 6. The molecule has 31 heavy (non-hydrogen) atoms. The first kappa shape index (κ1) is 21.6. The van der Waals surface area contributed by atoms with E-state index in [1.165, 1.54) is 0 Å². The van der Waals surface area contributed by atoms with Crippen molar-refractivity contribution in [2.75, 3.05) is 75.2 Å². The summed E-state index contributed by atoms with van der Waals surface area (Å²) in [7, 11) is 0. The number of amides is 2. The van der Waals surface area contributed by atoms with Crippen LogP contribution in [0.3, 0.4) is 0 Å². The minimum absolute atomic E-state index is 0.0323. The Morgan fingerprint density at radius 2 is 1.58 bits per heavy atom. The number of carbonyl (C=O) groups excluding carboxylic acids is 1. The van der Waals surface area contributed by atoms with Gasteiger partial charge in [0.25, 0.3) is 0 Å². The second kappa shape index (κ2) is 10.6. The van der Waals surface area contributed by atoms with Gasteiger partial charge in [-0.15, -0.1) is 0 Å². The van der Waals surface area contributed by atoms with Crippen molar-refractivity contribution in [1.29, 1.82) is 0 Å². The molecule has 2 fully saturated rings. The van der Waals surface area contributed by atoms with Crippen LogP contribution in [0.1, 0.15) is 6.42 Å². The molecule has 2 aliphatic rings. The van der Waals surface area contributed by atoms with Gasteiger partial charge >= 0.3 is 6.03 Å². The number of hydrogen-bond donors (Lipinski definition) is 1. The number of piperazine rings is 2. The molecule has 3 heterocycles. The van der Waals surface area contributed by atoms with Crippen LogP contribution in [0, 0.1) is 0 Å². The van der Waals surface area contributed by atoms with Crippen LogP contribution < -0.4 is 15.1 Å². The summed E-state index contributed by atoms with van der Waals surface area (Å²) < 4.78 is 0. The number of hydrogen-bond acceptors (Lipinski definition) is 6. The van der Waals surface area contributed by atoms with E-state index in [2.05, 4.69) is 30.0 Å². The van der Waals surface area contributed by atoms with Crippen molar-refractivity contribution in [1.82, 2.24) is 25.1 Å². The molecule has 2 aromatic rings. The van der Waals surface area contributed by atoms with Gasteiger partial charge in [0.05, 0.1) is 10.7 Å². The molecule has 1 N–H and O–H groups in total. The number of para-hydroxylation sites is 1. The maximum absolute atomic E-state index is 12.5. The minimum atomic E-state index is 0.0323. The lowest BCUT2D eigenvalue weighted by Crippen LogP contribution is -2.52. The van der Waals surface area contributed by atoms with Crippen LogP contribution in [0.5, 0.6) is 0 Å². The van der Waals surface area contributed by atoms with E-state index in [0.29, 0.717) is 19.6 Å². The maximum Gasteiger partial charge on any atom is 0.317 e. The third kappa shape index (κ3) is 5.77. The molecule has 0 radical (unpaired) electrons. The number of anilines is 2. The largest absolute Gasteiger partial charge is 0.367 e. The fourth-order valence-electron chi connectivity index (χ4n) is 4.09. The molecule has 2 aliphatic heterocycles. The van der Waals surface area contributed by atoms with E-state index in [9.17, 15) is 4.79 Å². The highest BCUT2D eigenvalue weighted by Gasteiger charge is 2.22. The summed E-state index contributed by atoms with van der Waals surface area (Å²) in [6, 6.07) is 9.75. The Morgan fingerprint density at radius 3 is 2.29 bits per heavy atom. The molecule has 1 aromatic heterocycles. The highest BCUT2D eigenvalue weighted by molar-refractivity contribution is 6.33. The molecule has 2 saturated heterocycles. The van der Waals surface area contributed by atoms with Crippen LogP contribution in [-0.2, 0) is 0 Å². The normalized spacial score (nSPS) is 17.6. The van der Waals surface area contributed by atoms with Crippen LogP contribution in [0.4, 0.5) is 16.4 Å². The third-order valence-electron chi connectivity index (χ3n) is 5.89. The van der Waals surface area contributed by atoms with Gasteiger partial charge in [-0.3, -0.25) is 4.90 Å².